The number of carbonyl (C=O) groups excluding carboxylic acids is 1. The molecular weight excluding hydrogens is 1130 g/mol. The summed E-state index contributed by atoms with van der Waals surface area (Å²) in [7, 11) is -3.65. The summed E-state index contributed by atoms with van der Waals surface area (Å²) in [5.41, 5.74) is 5.58. The average molecular weight is 1270 g/mol. The Morgan fingerprint density at radius 3 is 1.23 bits per heavy atom. The molecule has 0 heterocycles. The van der Waals surface area contributed by atoms with E-state index in [1.54, 1.807) is 0 Å². The van der Waals surface area contributed by atoms with Crippen molar-refractivity contribution < 1.29 is 23.5 Å². The molecule has 0 aromatic heterocycles. The van der Waals surface area contributed by atoms with Gasteiger partial charge in [0, 0.05) is 12.0 Å². The Labute approximate surface area is 531 Å². The lowest BCUT2D eigenvalue weighted by atomic mass is 9.32. The third-order valence-corrected chi connectivity index (χ3v) is 41.2. The smallest absolute Gasteiger partial charge is 0.316 e. The molecule has 5 nitrogen and oxygen atoms in total. The van der Waals surface area contributed by atoms with Gasteiger partial charge in [0.25, 0.3) is 0 Å². The molecule has 0 aromatic carbocycles. The summed E-state index contributed by atoms with van der Waals surface area (Å²) >= 11 is 3.33. The van der Waals surface area contributed by atoms with Crippen LogP contribution in [0.4, 0.5) is 0 Å². The van der Waals surface area contributed by atoms with E-state index >= 15 is 0 Å². The van der Waals surface area contributed by atoms with Gasteiger partial charge >= 0.3 is 5.97 Å². The fourth-order valence-corrected chi connectivity index (χ4v) is 27.9. The van der Waals surface area contributed by atoms with E-state index in [0.717, 1.165) is 23.7 Å². The molecule has 10 aliphatic carbocycles. The minimum absolute atomic E-state index is 0. The molecule has 0 bridgehead atoms. The molecule has 20 atom stereocenters. The summed E-state index contributed by atoms with van der Waals surface area (Å²) < 4.78 is 20.4. The number of rotatable bonds is 10. The zero-order valence-corrected chi connectivity index (χ0v) is 61.2. The molecule has 1 N–H and O–H groups in total. The van der Waals surface area contributed by atoms with E-state index in [-0.39, 0.29) is 57.9 Å². The highest BCUT2D eigenvalue weighted by atomic mass is 79.9. The standard InChI is InChI=1S/C38H65BrO3Si.C36H64O2Si.2CH4/c1-25(2)26-15-20-38(24-41-31(40)23-39)22-21-36(9)27(32(26)38)13-14-29-35(8)18-17-30(42-43(11,12)33(3,4)5)34(6,7)28(35)16-19-37(29,36)10;1-24(2)25-15-20-36(23-37)22-21-34(9)26(30(25)36)13-14-28-33(8)18-17-29(38-39(11,12)31(3,4)5)32(6,7)27(33)16-19-35(28,34)10;;/h26-30,32H,1,13-24H2,2-12H3;25-30,37H,1,13-23H2,2-12H3;2*1H4/t26-,27+,28-,29+,30-,32+,35-,36+,37+,38+;25-,26+,27-,28+,29-,30+,33-,34+,35+,36+;;/m00../s1. The highest BCUT2D eigenvalue weighted by molar-refractivity contribution is 9.09. The number of hydrogen-bond acceptors (Lipinski definition) is 5. The summed E-state index contributed by atoms with van der Waals surface area (Å²) in [6.45, 7) is 65.3. The second-order valence-corrected chi connectivity index (χ2v) is 47.6. The van der Waals surface area contributed by atoms with E-state index in [9.17, 15) is 9.90 Å². The summed E-state index contributed by atoms with van der Waals surface area (Å²) in [6.07, 6.45) is 26.5. The molecule has 10 saturated carbocycles. The Kier molecular flexibility index (Phi) is 19.6. The topological polar surface area (TPSA) is 65.0 Å². The number of aliphatic hydroxyl groups is 1. The van der Waals surface area contributed by atoms with Crippen LogP contribution in [0.3, 0.4) is 0 Å². The van der Waals surface area contributed by atoms with E-state index < -0.39 is 16.6 Å². The third-order valence-electron chi connectivity index (χ3n) is 31.8. The molecule has 84 heavy (non-hydrogen) atoms. The van der Waals surface area contributed by atoms with Gasteiger partial charge in [-0.3, -0.25) is 4.79 Å². The molecule has 0 unspecified atom stereocenters. The van der Waals surface area contributed by atoms with Gasteiger partial charge in [0.1, 0.15) is 5.33 Å². The van der Waals surface area contributed by atoms with Crippen molar-refractivity contribution >= 4 is 38.5 Å². The van der Waals surface area contributed by atoms with Crippen LogP contribution < -0.4 is 0 Å². The van der Waals surface area contributed by atoms with Crippen LogP contribution >= 0.6 is 15.9 Å². The first kappa shape index (κ1) is 71.2. The number of ether oxygens (including phenoxy) is 1. The molecule has 10 rings (SSSR count). The Bertz CT molecular complexity index is 2410. The molecular formula is C76H137BrO5Si2. The first-order chi connectivity index (χ1) is 37.5. The number of hydrogen-bond donors (Lipinski definition) is 1. The Morgan fingerprint density at radius 2 is 0.869 bits per heavy atom. The fourth-order valence-electron chi connectivity index (χ4n) is 24.8. The van der Waals surface area contributed by atoms with Crippen molar-refractivity contribution in [1.29, 1.82) is 0 Å². The second-order valence-electron chi connectivity index (χ2n) is 37.5. The Hall–Kier alpha value is -0.256. The van der Waals surface area contributed by atoms with Crippen LogP contribution in [0, 0.1) is 113 Å². The normalized spacial score (nSPS) is 46.4. The number of fused-ring (bicyclic) bond motifs is 14. The van der Waals surface area contributed by atoms with Crippen LogP contribution in [-0.4, -0.2) is 58.5 Å². The van der Waals surface area contributed by atoms with Crippen molar-refractivity contribution in [1.82, 2.24) is 0 Å². The second kappa shape index (κ2) is 23.1. The SMILES string of the molecule is C.C.C=C(C)[C@@H]1CC[C@]2(CO)CC[C@]3(C)[C@H](CC[C@@H]4[C@@]5(C)CC[C@H](O[Si](C)(C)C(C)(C)C)C(C)(C)[C@@H]5CC[C@]43C)[C@@H]12.C=C(C)[C@@H]1CC[C@]2(COC(=O)CBr)CC[C@]3(C)[C@H](CC[C@@H]4[C@@]5(C)CC[C@H](O[Si](C)(C)C(C)(C)C)C(C)(C)[C@@H]5CC[C@]43C)[C@@H]12. The third kappa shape index (κ3) is 10.6. The highest BCUT2D eigenvalue weighted by Gasteiger charge is 2.74. The van der Waals surface area contributed by atoms with Gasteiger partial charge in [-0.1, -0.05) is 166 Å². The summed E-state index contributed by atoms with van der Waals surface area (Å²) in [5.74, 6) is 6.68. The minimum atomic E-state index is -1.84. The van der Waals surface area contributed by atoms with Crippen molar-refractivity contribution in [3.63, 3.8) is 0 Å². The molecule has 486 valence electrons. The first-order valence-electron chi connectivity index (χ1n) is 34.5. The molecule has 0 spiro atoms. The van der Waals surface area contributed by atoms with Gasteiger partial charge in [-0.05, 0) is 286 Å². The number of aliphatic hydroxyl groups excluding tert-OH is 1. The van der Waals surface area contributed by atoms with Crippen molar-refractivity contribution in [2.75, 3.05) is 18.5 Å². The number of esters is 1. The molecule has 0 amide bonds. The maximum Gasteiger partial charge on any atom is 0.316 e. The fraction of sp³-hybridized carbons (Fsp3) is 0.934. The van der Waals surface area contributed by atoms with Crippen molar-refractivity contribution in [3.05, 3.63) is 24.3 Å². The lowest BCUT2D eigenvalue weighted by molar-refractivity contribution is -0.248. The van der Waals surface area contributed by atoms with Gasteiger partial charge in [-0.25, -0.2) is 0 Å². The lowest BCUT2D eigenvalue weighted by Gasteiger charge is -2.73. The largest absolute Gasteiger partial charge is 0.464 e. The van der Waals surface area contributed by atoms with E-state index in [1.165, 1.54) is 140 Å². The van der Waals surface area contributed by atoms with E-state index in [4.69, 9.17) is 13.6 Å². The molecule has 8 heteroatoms. The Balaban J connectivity index is 0.000000236. The van der Waals surface area contributed by atoms with Gasteiger partial charge in [0.2, 0.25) is 0 Å². The van der Waals surface area contributed by atoms with Crippen LogP contribution in [0.15, 0.2) is 24.3 Å². The van der Waals surface area contributed by atoms with Crippen LogP contribution in [0.1, 0.15) is 268 Å². The molecule has 0 saturated heterocycles. The van der Waals surface area contributed by atoms with Crippen molar-refractivity contribution in [2.45, 2.75) is 316 Å². The van der Waals surface area contributed by atoms with Gasteiger partial charge in [0.05, 0.1) is 18.8 Å². The number of alkyl halides is 1. The molecule has 0 aromatic rings. The van der Waals surface area contributed by atoms with Crippen LogP contribution in [0.2, 0.25) is 36.3 Å². The zero-order chi connectivity index (χ0) is 61.0. The summed E-state index contributed by atoms with van der Waals surface area (Å²) in [4.78, 5) is 12.3. The number of halogens is 1. The van der Waals surface area contributed by atoms with Crippen molar-refractivity contribution in [2.24, 2.45) is 113 Å². The average Bonchev–Trinajstić information content (AvgIpc) is 1.12. The summed E-state index contributed by atoms with van der Waals surface area (Å²) in [6, 6.07) is 0. The van der Waals surface area contributed by atoms with Gasteiger partial charge < -0.3 is 18.7 Å². The highest BCUT2D eigenvalue weighted by Crippen LogP contribution is 2.80. The molecule has 0 radical (unpaired) electrons. The van der Waals surface area contributed by atoms with Gasteiger partial charge in [0.15, 0.2) is 16.6 Å². The van der Waals surface area contributed by atoms with Gasteiger partial charge in [-0.15, -0.1) is 0 Å². The molecule has 0 aliphatic heterocycles. The maximum absolute atomic E-state index is 12.3. The molecule has 10 fully saturated rings. The van der Waals surface area contributed by atoms with E-state index in [2.05, 4.69) is 180 Å². The van der Waals surface area contributed by atoms with Crippen molar-refractivity contribution in [3.8, 4) is 0 Å². The molecule has 10 aliphatic rings. The number of carbonyl (C=O) groups is 1. The van der Waals surface area contributed by atoms with Crippen LogP contribution in [-0.2, 0) is 18.4 Å². The summed E-state index contributed by atoms with van der Waals surface area (Å²) in [5, 5.41) is 11.6. The zero-order valence-electron chi connectivity index (χ0n) is 57.6. The predicted octanol–water partition coefficient (Wildman–Crippen LogP) is 22.3. The first-order valence-corrected chi connectivity index (χ1v) is 41.4. The number of allylic oxidation sites excluding steroid dienone is 2. The van der Waals surface area contributed by atoms with E-state index in [0.29, 0.717) is 93.4 Å². The predicted molar refractivity (Wildman–Crippen MR) is 367 cm³/mol. The van der Waals surface area contributed by atoms with Gasteiger partial charge in [-0.2, -0.15) is 0 Å². The van der Waals surface area contributed by atoms with Crippen LogP contribution in [0.5, 0.6) is 0 Å². The van der Waals surface area contributed by atoms with E-state index in [1.807, 2.05) is 0 Å². The Morgan fingerprint density at radius 1 is 0.500 bits per heavy atom. The monoisotopic (exact) mass is 1260 g/mol. The minimum Gasteiger partial charge on any atom is -0.464 e. The quantitative estimate of drug-likeness (QED) is 0.102. The van der Waals surface area contributed by atoms with Crippen LogP contribution in [0.25, 0.3) is 0 Å². The lowest BCUT2D eigenvalue weighted by Crippen LogP contribution is -2.67. The maximum atomic E-state index is 12.3.